The van der Waals surface area contributed by atoms with Crippen molar-refractivity contribution in [1.29, 1.82) is 0 Å². The Morgan fingerprint density at radius 3 is 2.56 bits per heavy atom. The number of hydrogen-bond acceptors (Lipinski definition) is 6. The third kappa shape index (κ3) is 7.94. The van der Waals surface area contributed by atoms with E-state index in [0.29, 0.717) is 38.1 Å². The van der Waals surface area contributed by atoms with Crippen LogP contribution in [0.4, 0.5) is 0 Å². The van der Waals surface area contributed by atoms with Crippen LogP contribution in [0.1, 0.15) is 44.1 Å². The number of guanidine groups is 1. The van der Waals surface area contributed by atoms with Gasteiger partial charge in [-0.2, -0.15) is 0 Å². The van der Waals surface area contributed by atoms with Crippen LogP contribution < -0.4 is 10.6 Å². The molecule has 0 spiro atoms. The lowest BCUT2D eigenvalue weighted by atomic mass is 9.99. The summed E-state index contributed by atoms with van der Waals surface area (Å²) < 4.78 is 28.3. The van der Waals surface area contributed by atoms with E-state index in [-0.39, 0.29) is 35.5 Å². The van der Waals surface area contributed by atoms with Gasteiger partial charge < -0.3 is 15.2 Å². The Hall–Kier alpha value is -0.880. The van der Waals surface area contributed by atoms with Crippen LogP contribution in [0.25, 0.3) is 0 Å². The molecule has 1 aromatic heterocycles. The highest BCUT2D eigenvalue weighted by molar-refractivity contribution is 14.0. The van der Waals surface area contributed by atoms with Crippen molar-refractivity contribution in [3.8, 4) is 0 Å². The first kappa shape index (κ1) is 24.2. The fourth-order valence-corrected chi connectivity index (χ4v) is 4.29. The molecule has 0 aliphatic carbocycles. The maximum atomic E-state index is 11.4. The monoisotopic (exact) mass is 513 g/mol. The van der Waals surface area contributed by atoms with Gasteiger partial charge in [0.1, 0.15) is 0 Å². The number of nitrogens with zero attached hydrogens (tertiary/aromatic N) is 3. The fourth-order valence-electron chi connectivity index (χ4n) is 3.01. The summed E-state index contributed by atoms with van der Waals surface area (Å²) in [6.07, 6.45) is 2.11. The van der Waals surface area contributed by atoms with Crippen molar-refractivity contribution in [2.24, 2.45) is 4.99 Å². The molecular weight excluding hydrogens is 481 g/mol. The molecule has 1 aliphatic heterocycles. The fraction of sp³-hybridized carbons (Fsp3) is 0.765. The van der Waals surface area contributed by atoms with Crippen molar-refractivity contribution in [2.75, 3.05) is 44.7 Å². The van der Waals surface area contributed by atoms with Crippen molar-refractivity contribution < 1.29 is 12.9 Å². The first-order valence-corrected chi connectivity index (χ1v) is 11.1. The lowest BCUT2D eigenvalue weighted by Crippen LogP contribution is -2.45. The van der Waals surface area contributed by atoms with E-state index in [9.17, 15) is 8.42 Å². The van der Waals surface area contributed by atoms with E-state index in [1.54, 1.807) is 7.05 Å². The molecule has 156 valence electrons. The summed E-state index contributed by atoms with van der Waals surface area (Å²) in [4.78, 5) is 6.35. The molecule has 0 atom stereocenters. The lowest BCUT2D eigenvalue weighted by molar-refractivity contribution is 0.299. The molecule has 1 aliphatic rings. The predicted octanol–water partition coefficient (Wildman–Crippen LogP) is 1.59. The highest BCUT2D eigenvalue weighted by Crippen LogP contribution is 2.22. The van der Waals surface area contributed by atoms with E-state index in [2.05, 4.69) is 39.5 Å². The van der Waals surface area contributed by atoms with Gasteiger partial charge in [-0.3, -0.25) is 9.89 Å². The number of hydrogen-bond donors (Lipinski definition) is 2. The van der Waals surface area contributed by atoms with Gasteiger partial charge in [-0.25, -0.2) is 8.42 Å². The highest BCUT2D eigenvalue weighted by Gasteiger charge is 2.21. The van der Waals surface area contributed by atoms with Gasteiger partial charge >= 0.3 is 0 Å². The van der Waals surface area contributed by atoms with Crippen molar-refractivity contribution in [3.63, 3.8) is 0 Å². The molecule has 0 aromatic carbocycles. The molecule has 0 radical (unpaired) electrons. The minimum Gasteiger partial charge on any atom is -0.359 e. The zero-order valence-corrected chi connectivity index (χ0v) is 19.5. The Labute approximate surface area is 179 Å². The van der Waals surface area contributed by atoms with Crippen LogP contribution in [-0.2, 0) is 16.4 Å². The molecule has 0 saturated carbocycles. The Morgan fingerprint density at radius 1 is 1.30 bits per heavy atom. The van der Waals surface area contributed by atoms with Crippen LogP contribution in [-0.4, -0.2) is 69.2 Å². The van der Waals surface area contributed by atoms with E-state index < -0.39 is 9.84 Å². The molecule has 0 bridgehead atoms. The molecule has 10 heteroatoms. The molecule has 1 saturated heterocycles. The van der Waals surface area contributed by atoms with E-state index in [1.165, 1.54) is 0 Å². The minimum atomic E-state index is -2.82. The molecule has 8 nitrogen and oxygen atoms in total. The second-order valence-electron chi connectivity index (χ2n) is 6.58. The van der Waals surface area contributed by atoms with Gasteiger partial charge in [-0.15, -0.1) is 24.0 Å². The SMILES string of the molecule is CCC(CC)c1cc(CNC(=NC)NCCN2CCS(=O)(=O)CC2)on1.I. The molecular formula is C17H32IN5O3S. The van der Waals surface area contributed by atoms with Crippen LogP contribution in [0.5, 0.6) is 0 Å². The summed E-state index contributed by atoms with van der Waals surface area (Å²) in [6.45, 7) is 7.54. The second-order valence-corrected chi connectivity index (χ2v) is 8.88. The van der Waals surface area contributed by atoms with Gasteiger partial charge in [0.25, 0.3) is 0 Å². The molecule has 1 aromatic rings. The van der Waals surface area contributed by atoms with Crippen LogP contribution in [0.2, 0.25) is 0 Å². The molecule has 27 heavy (non-hydrogen) atoms. The van der Waals surface area contributed by atoms with Gasteiger partial charge in [0.15, 0.2) is 21.6 Å². The summed E-state index contributed by atoms with van der Waals surface area (Å²) in [5.41, 5.74) is 1.01. The largest absolute Gasteiger partial charge is 0.359 e. The zero-order chi connectivity index (χ0) is 19.0. The summed E-state index contributed by atoms with van der Waals surface area (Å²) in [5.74, 6) is 2.43. The standard InChI is InChI=1S/C17H31N5O3S.HI/c1-4-14(5-2)16-12-15(25-21-16)13-20-17(18-3)19-6-7-22-8-10-26(23,24)11-9-22;/h12,14H,4-11,13H2,1-3H3,(H2,18,19,20);1H. The van der Waals surface area contributed by atoms with Crippen LogP contribution in [0.15, 0.2) is 15.6 Å². The number of rotatable bonds is 8. The van der Waals surface area contributed by atoms with Crippen LogP contribution >= 0.6 is 24.0 Å². The highest BCUT2D eigenvalue weighted by atomic mass is 127. The van der Waals surface area contributed by atoms with Crippen LogP contribution in [0.3, 0.4) is 0 Å². The minimum absolute atomic E-state index is 0. The molecule has 0 amide bonds. The third-order valence-electron chi connectivity index (χ3n) is 4.79. The average Bonchev–Trinajstić information content (AvgIpc) is 3.09. The van der Waals surface area contributed by atoms with E-state index in [4.69, 9.17) is 4.52 Å². The number of aliphatic imine (C=N–C) groups is 1. The first-order valence-electron chi connectivity index (χ1n) is 9.30. The molecule has 1 fully saturated rings. The smallest absolute Gasteiger partial charge is 0.191 e. The zero-order valence-electron chi connectivity index (χ0n) is 16.4. The number of nitrogens with one attached hydrogen (secondary N) is 2. The van der Waals surface area contributed by atoms with Gasteiger partial charge in [0.2, 0.25) is 0 Å². The summed E-state index contributed by atoms with van der Waals surface area (Å²) >= 11 is 0. The summed E-state index contributed by atoms with van der Waals surface area (Å²) in [6, 6.07) is 2.01. The quantitative estimate of drug-likeness (QED) is 0.310. The number of sulfone groups is 1. The van der Waals surface area contributed by atoms with E-state index in [0.717, 1.165) is 30.8 Å². The Balaban J connectivity index is 0.00000364. The van der Waals surface area contributed by atoms with Gasteiger partial charge in [-0.05, 0) is 12.8 Å². The van der Waals surface area contributed by atoms with Gasteiger partial charge in [0, 0.05) is 45.2 Å². The predicted molar refractivity (Wildman–Crippen MR) is 119 cm³/mol. The topological polar surface area (TPSA) is 99.8 Å². The molecule has 0 unspecified atom stereocenters. The van der Waals surface area contributed by atoms with Gasteiger partial charge in [-0.1, -0.05) is 19.0 Å². The van der Waals surface area contributed by atoms with Crippen LogP contribution in [0, 0.1) is 0 Å². The molecule has 2 rings (SSSR count). The number of halogens is 1. The summed E-state index contributed by atoms with van der Waals surface area (Å²) in [7, 11) is -1.10. The number of aromatic nitrogens is 1. The Morgan fingerprint density at radius 2 is 1.96 bits per heavy atom. The molecule has 2 heterocycles. The Bertz CT molecular complexity index is 674. The lowest BCUT2D eigenvalue weighted by Gasteiger charge is -2.26. The third-order valence-corrected chi connectivity index (χ3v) is 6.40. The maximum Gasteiger partial charge on any atom is 0.191 e. The van der Waals surface area contributed by atoms with Gasteiger partial charge in [0.05, 0.1) is 23.7 Å². The summed E-state index contributed by atoms with van der Waals surface area (Å²) in [5, 5.41) is 10.6. The first-order chi connectivity index (χ1) is 12.5. The van der Waals surface area contributed by atoms with Crippen molar-refractivity contribution >= 4 is 39.8 Å². The van der Waals surface area contributed by atoms with E-state index >= 15 is 0 Å². The molecule has 2 N–H and O–H groups in total. The van der Waals surface area contributed by atoms with Crippen molar-refractivity contribution in [2.45, 2.75) is 39.2 Å². The average molecular weight is 513 g/mol. The van der Waals surface area contributed by atoms with Crippen molar-refractivity contribution in [1.82, 2.24) is 20.7 Å². The van der Waals surface area contributed by atoms with E-state index in [1.807, 2.05) is 6.07 Å². The maximum absolute atomic E-state index is 11.4. The normalized spacial score (nSPS) is 17.6. The van der Waals surface area contributed by atoms with Crippen molar-refractivity contribution in [3.05, 3.63) is 17.5 Å². The second kappa shape index (κ2) is 11.8. The Kier molecular flexibility index (Phi) is 10.6.